The second kappa shape index (κ2) is 3.87. The molecule has 66 valence electrons. The van der Waals surface area contributed by atoms with Gasteiger partial charge in [0, 0.05) is 18.3 Å². The molecule has 0 aliphatic carbocycles. The number of amides is 1. The van der Waals surface area contributed by atoms with Gasteiger partial charge in [-0.3, -0.25) is 4.79 Å². The molecule has 0 fully saturated rings. The van der Waals surface area contributed by atoms with Crippen molar-refractivity contribution >= 4 is 5.91 Å². The van der Waals surface area contributed by atoms with Gasteiger partial charge in [-0.25, -0.2) is 4.98 Å². The number of primary amides is 1. The molecule has 0 aliphatic rings. The summed E-state index contributed by atoms with van der Waals surface area (Å²) in [5.41, 5.74) is 6.02. The number of likely N-dealkylation sites (N-methyl/N-ethyl adjacent to an activating group) is 1. The minimum absolute atomic E-state index is 0.328. The van der Waals surface area contributed by atoms with Gasteiger partial charge in [0.25, 0.3) is 0 Å². The van der Waals surface area contributed by atoms with Crippen LogP contribution in [0.2, 0.25) is 0 Å². The summed E-state index contributed by atoms with van der Waals surface area (Å²) in [6.45, 7) is 0. The normalized spacial score (nSPS) is 12.8. The van der Waals surface area contributed by atoms with Crippen LogP contribution in [0.1, 0.15) is 5.69 Å². The SMILES string of the molecule is CN[C@@H](Cc1cnc[nH]1)C(N)=O. The van der Waals surface area contributed by atoms with Crippen molar-refractivity contribution in [2.24, 2.45) is 5.73 Å². The largest absolute Gasteiger partial charge is 0.368 e. The molecule has 0 spiro atoms. The number of aromatic nitrogens is 2. The van der Waals surface area contributed by atoms with Crippen LogP contribution in [0.5, 0.6) is 0 Å². The summed E-state index contributed by atoms with van der Waals surface area (Å²) < 4.78 is 0. The highest BCUT2D eigenvalue weighted by atomic mass is 16.1. The predicted molar refractivity (Wildman–Crippen MR) is 44.3 cm³/mol. The molecule has 5 heteroatoms. The number of rotatable bonds is 4. The molecule has 0 aliphatic heterocycles. The Balaban J connectivity index is 2.54. The topological polar surface area (TPSA) is 83.8 Å². The van der Waals surface area contributed by atoms with E-state index >= 15 is 0 Å². The molecular weight excluding hydrogens is 156 g/mol. The van der Waals surface area contributed by atoms with Crippen LogP contribution in [0, 0.1) is 0 Å². The molecule has 1 rings (SSSR count). The van der Waals surface area contributed by atoms with Crippen molar-refractivity contribution in [1.82, 2.24) is 15.3 Å². The first-order chi connectivity index (χ1) is 5.74. The first-order valence-corrected chi connectivity index (χ1v) is 3.68. The van der Waals surface area contributed by atoms with Gasteiger partial charge in [-0.15, -0.1) is 0 Å². The zero-order valence-corrected chi connectivity index (χ0v) is 6.87. The molecule has 5 nitrogen and oxygen atoms in total. The Morgan fingerprint density at radius 3 is 3.08 bits per heavy atom. The zero-order valence-electron chi connectivity index (χ0n) is 6.87. The summed E-state index contributed by atoms with van der Waals surface area (Å²) >= 11 is 0. The van der Waals surface area contributed by atoms with Crippen molar-refractivity contribution in [2.45, 2.75) is 12.5 Å². The van der Waals surface area contributed by atoms with Crippen LogP contribution < -0.4 is 11.1 Å². The van der Waals surface area contributed by atoms with E-state index in [9.17, 15) is 4.79 Å². The van der Waals surface area contributed by atoms with Crippen LogP contribution >= 0.6 is 0 Å². The molecular formula is C7H12N4O. The lowest BCUT2D eigenvalue weighted by Crippen LogP contribution is -2.40. The first kappa shape index (κ1) is 8.73. The van der Waals surface area contributed by atoms with E-state index in [0.29, 0.717) is 6.42 Å². The van der Waals surface area contributed by atoms with E-state index in [-0.39, 0.29) is 11.9 Å². The fourth-order valence-corrected chi connectivity index (χ4v) is 0.961. The third-order valence-corrected chi connectivity index (χ3v) is 1.67. The summed E-state index contributed by atoms with van der Waals surface area (Å²) in [6.07, 6.45) is 3.79. The number of carbonyl (C=O) groups excluding carboxylic acids is 1. The fraction of sp³-hybridized carbons (Fsp3) is 0.429. The maximum absolute atomic E-state index is 10.8. The molecule has 1 heterocycles. The van der Waals surface area contributed by atoms with E-state index in [1.165, 1.54) is 0 Å². The van der Waals surface area contributed by atoms with E-state index in [2.05, 4.69) is 15.3 Å². The summed E-state index contributed by atoms with van der Waals surface area (Å²) in [5, 5.41) is 2.82. The van der Waals surface area contributed by atoms with Gasteiger partial charge < -0.3 is 16.0 Å². The molecule has 1 atom stereocenters. The number of hydrogen-bond acceptors (Lipinski definition) is 3. The Kier molecular flexibility index (Phi) is 2.82. The second-order valence-corrected chi connectivity index (χ2v) is 2.52. The standard InChI is InChI=1S/C7H12N4O/c1-9-6(7(8)12)2-5-3-10-4-11-5/h3-4,6,9H,2H2,1H3,(H2,8,12)(H,10,11)/t6-/m0/s1. The van der Waals surface area contributed by atoms with Crippen molar-refractivity contribution in [3.63, 3.8) is 0 Å². The number of nitrogens with two attached hydrogens (primary N) is 1. The van der Waals surface area contributed by atoms with Gasteiger partial charge in [-0.05, 0) is 7.05 Å². The van der Waals surface area contributed by atoms with Gasteiger partial charge >= 0.3 is 0 Å². The van der Waals surface area contributed by atoms with Gasteiger partial charge in [0.15, 0.2) is 0 Å². The Morgan fingerprint density at radius 2 is 2.67 bits per heavy atom. The molecule has 0 aromatic carbocycles. The van der Waals surface area contributed by atoms with E-state index in [1.54, 1.807) is 19.6 Å². The Bertz CT molecular complexity index is 244. The van der Waals surface area contributed by atoms with Crippen LogP contribution in [-0.2, 0) is 11.2 Å². The van der Waals surface area contributed by atoms with Crippen molar-refractivity contribution in [1.29, 1.82) is 0 Å². The molecule has 1 aromatic rings. The summed E-state index contributed by atoms with van der Waals surface area (Å²) in [5.74, 6) is -0.355. The molecule has 1 aromatic heterocycles. The molecule has 0 saturated heterocycles. The molecule has 4 N–H and O–H groups in total. The zero-order chi connectivity index (χ0) is 8.97. The van der Waals surface area contributed by atoms with Crippen molar-refractivity contribution in [3.05, 3.63) is 18.2 Å². The quantitative estimate of drug-likeness (QED) is 0.540. The van der Waals surface area contributed by atoms with Gasteiger partial charge in [0.1, 0.15) is 0 Å². The van der Waals surface area contributed by atoms with Crippen molar-refractivity contribution in [3.8, 4) is 0 Å². The monoisotopic (exact) mass is 168 g/mol. The average Bonchev–Trinajstić information content (AvgIpc) is 2.51. The molecule has 0 unspecified atom stereocenters. The average molecular weight is 168 g/mol. The summed E-state index contributed by atoms with van der Waals surface area (Å²) in [4.78, 5) is 17.5. The fourth-order valence-electron chi connectivity index (χ4n) is 0.961. The number of H-pyrrole nitrogens is 1. The number of imidazole rings is 1. The highest BCUT2D eigenvalue weighted by molar-refractivity contribution is 5.80. The van der Waals surface area contributed by atoms with E-state index in [4.69, 9.17) is 5.73 Å². The minimum Gasteiger partial charge on any atom is -0.368 e. The molecule has 1 amide bonds. The lowest BCUT2D eigenvalue weighted by molar-refractivity contribution is -0.119. The Hall–Kier alpha value is -1.36. The minimum atomic E-state index is -0.355. The Morgan fingerprint density at radius 1 is 1.92 bits per heavy atom. The van der Waals surface area contributed by atoms with Gasteiger partial charge in [0.2, 0.25) is 5.91 Å². The number of hydrogen-bond donors (Lipinski definition) is 3. The second-order valence-electron chi connectivity index (χ2n) is 2.52. The molecule has 0 radical (unpaired) electrons. The maximum Gasteiger partial charge on any atom is 0.234 e. The number of aromatic amines is 1. The highest BCUT2D eigenvalue weighted by Crippen LogP contribution is 1.96. The maximum atomic E-state index is 10.8. The van der Waals surface area contributed by atoms with Gasteiger partial charge in [-0.1, -0.05) is 0 Å². The van der Waals surface area contributed by atoms with Crippen LogP contribution in [0.3, 0.4) is 0 Å². The predicted octanol–water partition coefficient (Wildman–Crippen LogP) is -0.974. The van der Waals surface area contributed by atoms with Crippen LogP contribution in [0.4, 0.5) is 0 Å². The third kappa shape index (κ3) is 2.06. The van der Waals surface area contributed by atoms with Gasteiger partial charge in [0.05, 0.1) is 12.4 Å². The smallest absolute Gasteiger partial charge is 0.234 e. The van der Waals surface area contributed by atoms with E-state index in [1.807, 2.05) is 0 Å². The highest BCUT2D eigenvalue weighted by Gasteiger charge is 2.13. The van der Waals surface area contributed by atoms with Crippen LogP contribution in [0.25, 0.3) is 0 Å². The molecule has 0 bridgehead atoms. The van der Waals surface area contributed by atoms with Crippen molar-refractivity contribution < 1.29 is 4.79 Å². The van der Waals surface area contributed by atoms with Crippen LogP contribution in [-0.4, -0.2) is 29.0 Å². The summed E-state index contributed by atoms with van der Waals surface area (Å²) in [7, 11) is 1.70. The van der Waals surface area contributed by atoms with E-state index in [0.717, 1.165) is 5.69 Å². The third-order valence-electron chi connectivity index (χ3n) is 1.67. The Labute approximate surface area is 70.4 Å². The van der Waals surface area contributed by atoms with Gasteiger partial charge in [-0.2, -0.15) is 0 Å². The lowest BCUT2D eigenvalue weighted by atomic mass is 10.1. The van der Waals surface area contributed by atoms with Crippen LogP contribution in [0.15, 0.2) is 12.5 Å². The summed E-state index contributed by atoms with van der Waals surface area (Å²) in [6, 6.07) is -0.328. The number of carbonyl (C=O) groups is 1. The lowest BCUT2D eigenvalue weighted by Gasteiger charge is -2.09. The number of nitrogens with zero attached hydrogens (tertiary/aromatic N) is 1. The molecule has 12 heavy (non-hydrogen) atoms. The van der Waals surface area contributed by atoms with E-state index < -0.39 is 0 Å². The van der Waals surface area contributed by atoms with Crippen molar-refractivity contribution in [2.75, 3.05) is 7.05 Å². The first-order valence-electron chi connectivity index (χ1n) is 3.68. The molecule has 0 saturated carbocycles. The number of nitrogens with one attached hydrogen (secondary N) is 2.